The molecule has 1 aromatic carbocycles. The van der Waals surface area contributed by atoms with Crippen LogP contribution < -0.4 is 0 Å². The van der Waals surface area contributed by atoms with Gasteiger partial charge in [0.25, 0.3) is 0 Å². The number of carbonyl (C=O) groups excluding carboxylic acids is 1. The van der Waals surface area contributed by atoms with Gasteiger partial charge in [-0.3, -0.25) is 4.79 Å². The standard InChI is InChI=1S/C12H11BrO2S/c1-2-15-12(14)11(13)9-7-16-10-6-4-3-5-8(9)10/h3-7,11H,2H2,1H3. The number of fused-ring (bicyclic) bond motifs is 1. The Hall–Kier alpha value is -0.870. The predicted octanol–water partition coefficient (Wildman–Crippen LogP) is 3.90. The van der Waals surface area contributed by atoms with Crippen molar-refractivity contribution >= 4 is 43.3 Å². The zero-order valence-electron chi connectivity index (χ0n) is 8.77. The molecule has 0 aliphatic carbocycles. The van der Waals surface area contributed by atoms with Crippen molar-refractivity contribution in [2.75, 3.05) is 6.61 Å². The van der Waals surface area contributed by atoms with Crippen molar-refractivity contribution in [2.45, 2.75) is 11.8 Å². The minimum atomic E-state index is -0.372. The number of benzene rings is 1. The van der Waals surface area contributed by atoms with Crippen LogP contribution >= 0.6 is 27.3 Å². The summed E-state index contributed by atoms with van der Waals surface area (Å²) in [5, 5.41) is 3.11. The quantitative estimate of drug-likeness (QED) is 0.634. The van der Waals surface area contributed by atoms with E-state index in [0.29, 0.717) is 6.61 Å². The lowest BCUT2D eigenvalue weighted by Crippen LogP contribution is -2.10. The largest absolute Gasteiger partial charge is 0.465 e. The summed E-state index contributed by atoms with van der Waals surface area (Å²) < 4.78 is 6.18. The molecule has 1 unspecified atom stereocenters. The third kappa shape index (κ3) is 2.13. The van der Waals surface area contributed by atoms with E-state index in [0.717, 1.165) is 10.9 Å². The van der Waals surface area contributed by atoms with Gasteiger partial charge >= 0.3 is 5.97 Å². The number of ether oxygens (including phenoxy) is 1. The summed E-state index contributed by atoms with van der Waals surface area (Å²) >= 11 is 5.02. The van der Waals surface area contributed by atoms with Crippen LogP contribution in [0.2, 0.25) is 0 Å². The second-order valence-electron chi connectivity index (χ2n) is 3.30. The SMILES string of the molecule is CCOC(=O)C(Br)c1csc2ccccc12. The molecule has 0 radical (unpaired) electrons. The average Bonchev–Trinajstić information content (AvgIpc) is 2.72. The molecule has 1 heterocycles. The highest BCUT2D eigenvalue weighted by Gasteiger charge is 2.21. The molecule has 84 valence electrons. The van der Waals surface area contributed by atoms with Gasteiger partial charge in [-0.1, -0.05) is 34.1 Å². The number of halogens is 1. The Balaban J connectivity index is 2.36. The Bertz CT molecular complexity index is 506. The molecule has 0 amide bonds. The van der Waals surface area contributed by atoms with E-state index in [9.17, 15) is 4.79 Å². The normalized spacial score (nSPS) is 12.6. The average molecular weight is 299 g/mol. The topological polar surface area (TPSA) is 26.3 Å². The molecule has 2 rings (SSSR count). The summed E-state index contributed by atoms with van der Waals surface area (Å²) in [6.45, 7) is 2.21. The lowest BCUT2D eigenvalue weighted by atomic mass is 10.1. The Morgan fingerprint density at radius 1 is 1.50 bits per heavy atom. The van der Waals surface area contributed by atoms with Gasteiger partial charge in [0.05, 0.1) is 6.61 Å². The summed E-state index contributed by atoms with van der Waals surface area (Å²) in [6, 6.07) is 8.04. The first-order chi connectivity index (χ1) is 7.74. The van der Waals surface area contributed by atoms with Crippen LogP contribution in [0.3, 0.4) is 0 Å². The van der Waals surface area contributed by atoms with Crippen molar-refractivity contribution < 1.29 is 9.53 Å². The Morgan fingerprint density at radius 3 is 3.00 bits per heavy atom. The molecule has 0 saturated heterocycles. The molecule has 0 fully saturated rings. The molecule has 0 N–H and O–H groups in total. The molecule has 16 heavy (non-hydrogen) atoms. The molecule has 4 heteroatoms. The monoisotopic (exact) mass is 298 g/mol. The van der Waals surface area contributed by atoms with Gasteiger partial charge in [0.15, 0.2) is 0 Å². The minimum Gasteiger partial charge on any atom is -0.465 e. The van der Waals surface area contributed by atoms with Crippen LogP contribution in [0.25, 0.3) is 10.1 Å². The zero-order valence-corrected chi connectivity index (χ0v) is 11.2. The first kappa shape index (κ1) is 11.6. The van der Waals surface area contributed by atoms with Crippen molar-refractivity contribution in [3.8, 4) is 0 Å². The van der Waals surface area contributed by atoms with Gasteiger partial charge in [0.2, 0.25) is 0 Å². The Kier molecular flexibility index (Phi) is 3.61. The molecule has 0 saturated carbocycles. The van der Waals surface area contributed by atoms with Crippen molar-refractivity contribution in [1.29, 1.82) is 0 Å². The van der Waals surface area contributed by atoms with Crippen molar-refractivity contribution in [2.24, 2.45) is 0 Å². The van der Waals surface area contributed by atoms with E-state index in [4.69, 9.17) is 4.74 Å². The number of alkyl halides is 1. The number of rotatable bonds is 3. The van der Waals surface area contributed by atoms with Crippen LogP contribution in [-0.2, 0) is 9.53 Å². The van der Waals surface area contributed by atoms with Crippen LogP contribution in [0.4, 0.5) is 0 Å². The van der Waals surface area contributed by atoms with Crippen molar-refractivity contribution in [3.05, 3.63) is 35.2 Å². The summed E-state index contributed by atoms with van der Waals surface area (Å²) in [6.07, 6.45) is 0. The first-order valence-electron chi connectivity index (χ1n) is 5.01. The third-order valence-corrected chi connectivity index (χ3v) is 4.13. The number of thiophene rings is 1. The van der Waals surface area contributed by atoms with E-state index in [1.165, 1.54) is 4.70 Å². The molecule has 1 atom stereocenters. The maximum Gasteiger partial charge on any atom is 0.324 e. The van der Waals surface area contributed by atoms with Crippen molar-refractivity contribution in [3.63, 3.8) is 0 Å². The molecule has 0 aliphatic rings. The maximum absolute atomic E-state index is 11.6. The maximum atomic E-state index is 11.6. The Morgan fingerprint density at radius 2 is 2.25 bits per heavy atom. The summed E-state index contributed by atoms with van der Waals surface area (Å²) in [5.41, 5.74) is 0.985. The van der Waals surface area contributed by atoms with E-state index in [2.05, 4.69) is 15.9 Å². The first-order valence-corrected chi connectivity index (χ1v) is 6.80. The van der Waals surface area contributed by atoms with Gasteiger partial charge in [-0.05, 0) is 29.3 Å². The smallest absolute Gasteiger partial charge is 0.324 e. The van der Waals surface area contributed by atoms with Gasteiger partial charge in [0.1, 0.15) is 4.83 Å². The number of hydrogen-bond donors (Lipinski definition) is 0. The minimum absolute atomic E-state index is 0.231. The van der Waals surface area contributed by atoms with Gasteiger partial charge in [-0.2, -0.15) is 0 Å². The predicted molar refractivity (Wildman–Crippen MR) is 70.1 cm³/mol. The lowest BCUT2D eigenvalue weighted by molar-refractivity contribution is -0.142. The zero-order chi connectivity index (χ0) is 11.5. The fourth-order valence-electron chi connectivity index (χ4n) is 1.54. The van der Waals surface area contributed by atoms with E-state index in [1.807, 2.05) is 36.6 Å². The second kappa shape index (κ2) is 4.97. The highest BCUT2D eigenvalue weighted by Crippen LogP contribution is 2.35. The molecule has 0 aliphatic heterocycles. The lowest BCUT2D eigenvalue weighted by Gasteiger charge is -2.07. The number of esters is 1. The molecule has 0 spiro atoms. The Labute approximate surface area is 106 Å². The van der Waals surface area contributed by atoms with Gasteiger partial charge in [-0.25, -0.2) is 0 Å². The van der Waals surface area contributed by atoms with Gasteiger partial charge < -0.3 is 4.74 Å². The fraction of sp³-hybridized carbons (Fsp3) is 0.250. The van der Waals surface area contributed by atoms with Gasteiger partial charge in [0, 0.05) is 4.70 Å². The fourth-order valence-corrected chi connectivity index (χ4v) is 3.21. The van der Waals surface area contributed by atoms with E-state index in [-0.39, 0.29) is 10.8 Å². The molecular formula is C12H11BrO2S. The second-order valence-corrected chi connectivity index (χ2v) is 5.13. The highest BCUT2D eigenvalue weighted by molar-refractivity contribution is 9.09. The highest BCUT2D eigenvalue weighted by atomic mass is 79.9. The van der Waals surface area contributed by atoms with Crippen LogP contribution in [-0.4, -0.2) is 12.6 Å². The van der Waals surface area contributed by atoms with Crippen LogP contribution in [0.1, 0.15) is 17.3 Å². The van der Waals surface area contributed by atoms with E-state index >= 15 is 0 Å². The summed E-state index contributed by atoms with van der Waals surface area (Å²) in [5.74, 6) is -0.231. The van der Waals surface area contributed by atoms with Crippen LogP contribution in [0.5, 0.6) is 0 Å². The van der Waals surface area contributed by atoms with E-state index in [1.54, 1.807) is 11.3 Å². The molecular weight excluding hydrogens is 288 g/mol. The summed E-state index contributed by atoms with van der Waals surface area (Å²) in [7, 11) is 0. The molecule has 2 nitrogen and oxygen atoms in total. The van der Waals surface area contributed by atoms with Crippen molar-refractivity contribution in [1.82, 2.24) is 0 Å². The molecule has 1 aromatic heterocycles. The number of carbonyl (C=O) groups is 1. The summed E-state index contributed by atoms with van der Waals surface area (Å²) in [4.78, 5) is 11.2. The molecule has 0 bridgehead atoms. The third-order valence-electron chi connectivity index (χ3n) is 2.28. The molecule has 2 aromatic rings. The number of hydrogen-bond acceptors (Lipinski definition) is 3. The van der Waals surface area contributed by atoms with E-state index < -0.39 is 0 Å². The van der Waals surface area contributed by atoms with Gasteiger partial charge in [-0.15, -0.1) is 11.3 Å². The van der Waals surface area contributed by atoms with Crippen LogP contribution in [0.15, 0.2) is 29.6 Å². The van der Waals surface area contributed by atoms with Crippen LogP contribution in [0, 0.1) is 0 Å².